The van der Waals surface area contributed by atoms with E-state index in [4.69, 9.17) is 0 Å². The van der Waals surface area contributed by atoms with Crippen molar-refractivity contribution in [2.75, 3.05) is 0 Å². The van der Waals surface area contributed by atoms with E-state index in [1.54, 1.807) is 0 Å². The van der Waals surface area contributed by atoms with Gasteiger partial charge in [-0.2, -0.15) is 0 Å². The largest absolute Gasteiger partial charge is 0.322 e. The zero-order chi connectivity index (χ0) is 9.26. The van der Waals surface area contributed by atoms with Gasteiger partial charge in [-0.05, 0) is 36.8 Å². The summed E-state index contributed by atoms with van der Waals surface area (Å²) in [5.41, 5.74) is 2.95. The standard InChI is InChI=1S/C11H15N2/c1-12-11-7-9-5-3-4-6-10(9)8-13(11)2/h7-8H,1,3-6H2,2H3/q+1. The van der Waals surface area contributed by atoms with Crippen molar-refractivity contribution >= 4 is 12.5 Å². The Morgan fingerprint density at radius 3 is 2.69 bits per heavy atom. The van der Waals surface area contributed by atoms with Gasteiger partial charge >= 0.3 is 5.82 Å². The number of rotatable bonds is 1. The fourth-order valence-corrected chi connectivity index (χ4v) is 1.98. The summed E-state index contributed by atoms with van der Waals surface area (Å²) < 4.78 is 2.05. The molecule has 0 saturated carbocycles. The van der Waals surface area contributed by atoms with E-state index in [9.17, 15) is 0 Å². The average molecular weight is 175 g/mol. The van der Waals surface area contributed by atoms with Crippen LogP contribution in [0.5, 0.6) is 0 Å². The molecule has 1 aliphatic carbocycles. The molecule has 0 radical (unpaired) electrons. The molecule has 0 unspecified atom stereocenters. The molecule has 0 atom stereocenters. The SMILES string of the molecule is C=Nc1cc2c(c[n+]1C)CCCC2. The van der Waals surface area contributed by atoms with Crippen molar-refractivity contribution in [3.05, 3.63) is 23.4 Å². The topological polar surface area (TPSA) is 16.2 Å². The Morgan fingerprint density at radius 1 is 1.31 bits per heavy atom. The second-order valence-corrected chi connectivity index (χ2v) is 3.66. The van der Waals surface area contributed by atoms with Crippen molar-refractivity contribution in [1.82, 2.24) is 0 Å². The van der Waals surface area contributed by atoms with Crippen LogP contribution in [0.3, 0.4) is 0 Å². The molecule has 0 spiro atoms. The average Bonchev–Trinajstić information content (AvgIpc) is 2.17. The lowest BCUT2D eigenvalue weighted by Crippen LogP contribution is -2.29. The predicted octanol–water partition coefficient (Wildman–Crippen LogP) is 1.72. The summed E-state index contributed by atoms with van der Waals surface area (Å²) in [5.74, 6) is 0.973. The molecule has 1 aromatic heterocycles. The molecule has 13 heavy (non-hydrogen) atoms. The summed E-state index contributed by atoms with van der Waals surface area (Å²) in [6, 6.07) is 2.17. The van der Waals surface area contributed by atoms with E-state index in [-0.39, 0.29) is 0 Å². The molecular formula is C11H15N2+. The number of aliphatic imine (C=N–C) groups is 1. The number of hydrogen-bond donors (Lipinski definition) is 0. The Kier molecular flexibility index (Phi) is 2.13. The summed E-state index contributed by atoms with van der Waals surface area (Å²) in [5, 5.41) is 0. The minimum atomic E-state index is 0.973. The first-order valence-corrected chi connectivity index (χ1v) is 4.79. The highest BCUT2D eigenvalue weighted by Gasteiger charge is 2.14. The van der Waals surface area contributed by atoms with Gasteiger partial charge in [0.1, 0.15) is 6.72 Å². The molecule has 0 aromatic carbocycles. The maximum Gasteiger partial charge on any atom is 0.322 e. The van der Waals surface area contributed by atoms with Crippen LogP contribution in [0.2, 0.25) is 0 Å². The first-order valence-electron chi connectivity index (χ1n) is 4.79. The lowest BCUT2D eigenvalue weighted by atomic mass is 9.93. The zero-order valence-electron chi connectivity index (χ0n) is 8.08. The van der Waals surface area contributed by atoms with Gasteiger partial charge in [-0.1, -0.05) is 4.99 Å². The molecule has 2 rings (SSSR count). The first kappa shape index (κ1) is 8.42. The third-order valence-electron chi connectivity index (χ3n) is 2.73. The number of aromatic nitrogens is 1. The van der Waals surface area contributed by atoms with Crippen LogP contribution in [0.25, 0.3) is 0 Å². The third kappa shape index (κ3) is 1.48. The van der Waals surface area contributed by atoms with Crippen LogP contribution in [0.4, 0.5) is 5.82 Å². The molecule has 68 valence electrons. The molecule has 2 heteroatoms. The van der Waals surface area contributed by atoms with E-state index in [1.807, 2.05) is 7.05 Å². The van der Waals surface area contributed by atoms with Crippen molar-refractivity contribution < 1.29 is 4.57 Å². The van der Waals surface area contributed by atoms with Crippen molar-refractivity contribution in [3.63, 3.8) is 0 Å². The van der Waals surface area contributed by atoms with Crippen molar-refractivity contribution in [3.8, 4) is 0 Å². The summed E-state index contributed by atoms with van der Waals surface area (Å²) >= 11 is 0. The van der Waals surface area contributed by atoms with Crippen molar-refractivity contribution in [2.24, 2.45) is 12.0 Å². The quantitative estimate of drug-likeness (QED) is 0.456. The van der Waals surface area contributed by atoms with Crippen LogP contribution < -0.4 is 4.57 Å². The number of fused-ring (bicyclic) bond motifs is 1. The van der Waals surface area contributed by atoms with E-state index in [1.165, 1.54) is 36.8 Å². The Morgan fingerprint density at radius 2 is 2.00 bits per heavy atom. The van der Waals surface area contributed by atoms with Gasteiger partial charge in [0.15, 0.2) is 0 Å². The van der Waals surface area contributed by atoms with E-state index in [2.05, 4.69) is 28.5 Å². The molecule has 0 fully saturated rings. The second-order valence-electron chi connectivity index (χ2n) is 3.66. The number of nitrogens with zero attached hydrogens (tertiary/aromatic N) is 2. The molecule has 0 aliphatic heterocycles. The highest BCUT2D eigenvalue weighted by molar-refractivity contribution is 5.40. The smallest absolute Gasteiger partial charge is 0.233 e. The van der Waals surface area contributed by atoms with E-state index >= 15 is 0 Å². The van der Waals surface area contributed by atoms with Crippen LogP contribution >= 0.6 is 0 Å². The van der Waals surface area contributed by atoms with Crippen molar-refractivity contribution in [2.45, 2.75) is 25.7 Å². The van der Waals surface area contributed by atoms with Gasteiger partial charge in [-0.15, -0.1) is 0 Å². The fourth-order valence-electron chi connectivity index (χ4n) is 1.98. The lowest BCUT2D eigenvalue weighted by Gasteiger charge is -2.14. The van der Waals surface area contributed by atoms with Gasteiger partial charge in [0.25, 0.3) is 0 Å². The normalized spacial score (nSPS) is 15.2. The van der Waals surface area contributed by atoms with E-state index in [0.29, 0.717) is 0 Å². The summed E-state index contributed by atoms with van der Waals surface area (Å²) in [6.45, 7) is 3.57. The lowest BCUT2D eigenvalue weighted by molar-refractivity contribution is -0.658. The molecule has 1 aliphatic rings. The van der Waals surface area contributed by atoms with Crippen LogP contribution in [0.15, 0.2) is 17.3 Å². The minimum Gasteiger partial charge on any atom is -0.233 e. The predicted molar refractivity (Wildman–Crippen MR) is 53.5 cm³/mol. The van der Waals surface area contributed by atoms with Crippen LogP contribution in [0, 0.1) is 0 Å². The molecule has 1 aromatic rings. The summed E-state index contributed by atoms with van der Waals surface area (Å²) in [4.78, 5) is 3.99. The Labute approximate surface area is 78.9 Å². The monoisotopic (exact) mass is 175 g/mol. The van der Waals surface area contributed by atoms with E-state index < -0.39 is 0 Å². The van der Waals surface area contributed by atoms with Gasteiger partial charge in [-0.25, -0.2) is 4.57 Å². The van der Waals surface area contributed by atoms with Gasteiger partial charge in [0.05, 0.1) is 13.2 Å². The summed E-state index contributed by atoms with van der Waals surface area (Å²) in [7, 11) is 2.03. The molecular weight excluding hydrogens is 160 g/mol. The Balaban J connectivity index is 2.50. The van der Waals surface area contributed by atoms with Gasteiger partial charge < -0.3 is 0 Å². The van der Waals surface area contributed by atoms with Gasteiger partial charge in [0, 0.05) is 6.07 Å². The van der Waals surface area contributed by atoms with Crippen molar-refractivity contribution in [1.29, 1.82) is 0 Å². The molecule has 0 bridgehead atoms. The van der Waals surface area contributed by atoms with Gasteiger partial charge in [0.2, 0.25) is 0 Å². The molecule has 0 saturated heterocycles. The number of aryl methyl sites for hydroxylation is 3. The number of hydrogen-bond acceptors (Lipinski definition) is 1. The summed E-state index contributed by atoms with van der Waals surface area (Å²) in [6.07, 6.45) is 7.27. The van der Waals surface area contributed by atoms with E-state index in [0.717, 1.165) is 5.82 Å². The minimum absolute atomic E-state index is 0.973. The zero-order valence-corrected chi connectivity index (χ0v) is 8.08. The number of pyridine rings is 1. The molecule has 2 nitrogen and oxygen atoms in total. The molecule has 0 N–H and O–H groups in total. The first-order chi connectivity index (χ1) is 6.31. The third-order valence-corrected chi connectivity index (χ3v) is 2.73. The fraction of sp³-hybridized carbons (Fsp3) is 0.455. The maximum atomic E-state index is 3.99. The highest BCUT2D eigenvalue weighted by atomic mass is 15.0. The van der Waals surface area contributed by atoms with Crippen LogP contribution in [0.1, 0.15) is 24.0 Å². The van der Waals surface area contributed by atoms with Crippen LogP contribution in [-0.2, 0) is 19.9 Å². The molecule has 1 heterocycles. The highest BCUT2D eigenvalue weighted by Crippen LogP contribution is 2.22. The maximum absolute atomic E-state index is 3.99. The van der Waals surface area contributed by atoms with Crippen LogP contribution in [-0.4, -0.2) is 6.72 Å². The van der Waals surface area contributed by atoms with Gasteiger partial charge in [-0.3, -0.25) is 0 Å². The molecule has 0 amide bonds. The second kappa shape index (κ2) is 3.29. The Bertz CT molecular complexity index is 342. The Hall–Kier alpha value is -1.18.